The summed E-state index contributed by atoms with van der Waals surface area (Å²) >= 11 is 0. The lowest BCUT2D eigenvalue weighted by Gasteiger charge is -2.24. The van der Waals surface area contributed by atoms with Crippen LogP contribution in [0, 0.1) is 0 Å². The molecule has 0 aliphatic rings. The van der Waals surface area contributed by atoms with Gasteiger partial charge in [0, 0.05) is 24.6 Å². The van der Waals surface area contributed by atoms with Gasteiger partial charge in [-0.15, -0.1) is 0 Å². The molecule has 0 radical (unpaired) electrons. The Kier molecular flexibility index (Phi) is 4.09. The van der Waals surface area contributed by atoms with Crippen molar-refractivity contribution >= 4 is 5.69 Å². The lowest BCUT2D eigenvalue weighted by Crippen LogP contribution is -2.28. The molecule has 0 unspecified atom stereocenters. The number of hydrogen-bond acceptors (Lipinski definition) is 2. The maximum atomic E-state index is 12.4. The molecule has 0 saturated carbocycles. The Labute approximate surface area is 109 Å². The molecule has 0 aliphatic carbocycles. The van der Waals surface area contributed by atoms with E-state index in [4.69, 9.17) is 0 Å². The van der Waals surface area contributed by atoms with Crippen LogP contribution < -0.4 is 4.90 Å². The number of imidazole rings is 1. The van der Waals surface area contributed by atoms with Gasteiger partial charge in [0.05, 0.1) is 13.0 Å². The number of aromatic amines is 1. The fourth-order valence-electron chi connectivity index (χ4n) is 1.77. The number of para-hydroxylation sites is 1. The first kappa shape index (κ1) is 13.5. The maximum Gasteiger partial charge on any atom is 0.390 e. The summed E-state index contributed by atoms with van der Waals surface area (Å²) in [5.74, 6) is 0.644. The molecule has 1 aromatic carbocycles. The lowest BCUT2D eigenvalue weighted by atomic mass is 10.2. The molecule has 0 bridgehead atoms. The third-order valence-electron chi connectivity index (χ3n) is 2.68. The molecule has 0 spiro atoms. The van der Waals surface area contributed by atoms with E-state index in [0.29, 0.717) is 12.4 Å². The van der Waals surface area contributed by atoms with Crippen LogP contribution in [-0.2, 0) is 6.54 Å². The van der Waals surface area contributed by atoms with E-state index in [-0.39, 0.29) is 6.54 Å². The van der Waals surface area contributed by atoms with Gasteiger partial charge in [-0.25, -0.2) is 4.98 Å². The Morgan fingerprint density at radius 3 is 2.47 bits per heavy atom. The van der Waals surface area contributed by atoms with Gasteiger partial charge in [-0.2, -0.15) is 13.2 Å². The van der Waals surface area contributed by atoms with Crippen LogP contribution in [-0.4, -0.2) is 22.7 Å². The highest BCUT2D eigenvalue weighted by Gasteiger charge is 2.28. The van der Waals surface area contributed by atoms with Crippen LogP contribution in [0.15, 0.2) is 42.7 Å². The Balaban J connectivity index is 2.09. The van der Waals surface area contributed by atoms with Crippen molar-refractivity contribution in [2.45, 2.75) is 19.1 Å². The number of hydrogen-bond donors (Lipinski definition) is 1. The first-order valence-corrected chi connectivity index (χ1v) is 5.89. The summed E-state index contributed by atoms with van der Waals surface area (Å²) in [6, 6.07) is 9.02. The number of rotatable bonds is 5. The van der Waals surface area contributed by atoms with Gasteiger partial charge in [-0.1, -0.05) is 18.2 Å². The summed E-state index contributed by atoms with van der Waals surface area (Å²) in [4.78, 5) is 8.61. The second-order valence-corrected chi connectivity index (χ2v) is 4.16. The van der Waals surface area contributed by atoms with Crippen molar-refractivity contribution in [1.82, 2.24) is 9.97 Å². The molecular weight excluding hydrogens is 255 g/mol. The molecule has 2 aromatic rings. The number of nitrogens with zero attached hydrogens (tertiary/aromatic N) is 2. The molecule has 6 heteroatoms. The Hall–Kier alpha value is -1.98. The van der Waals surface area contributed by atoms with Gasteiger partial charge in [0.1, 0.15) is 5.82 Å². The summed E-state index contributed by atoms with van der Waals surface area (Å²) in [5, 5.41) is 0. The average Bonchev–Trinajstić information content (AvgIpc) is 2.87. The van der Waals surface area contributed by atoms with Gasteiger partial charge in [0.15, 0.2) is 0 Å². The van der Waals surface area contributed by atoms with E-state index in [1.807, 2.05) is 6.07 Å². The van der Waals surface area contributed by atoms with Gasteiger partial charge in [-0.3, -0.25) is 0 Å². The van der Waals surface area contributed by atoms with E-state index in [0.717, 1.165) is 5.69 Å². The van der Waals surface area contributed by atoms with Crippen molar-refractivity contribution in [1.29, 1.82) is 0 Å². The van der Waals surface area contributed by atoms with Crippen LogP contribution >= 0.6 is 0 Å². The highest BCUT2D eigenvalue weighted by Crippen LogP contribution is 2.23. The van der Waals surface area contributed by atoms with E-state index >= 15 is 0 Å². The van der Waals surface area contributed by atoms with Gasteiger partial charge in [0.2, 0.25) is 0 Å². The second-order valence-electron chi connectivity index (χ2n) is 4.16. The molecule has 3 nitrogen and oxygen atoms in total. The zero-order chi connectivity index (χ0) is 13.7. The molecule has 1 N–H and O–H groups in total. The summed E-state index contributed by atoms with van der Waals surface area (Å²) < 4.78 is 37.1. The van der Waals surface area contributed by atoms with Crippen molar-refractivity contribution in [3.63, 3.8) is 0 Å². The number of H-pyrrole nitrogens is 1. The largest absolute Gasteiger partial charge is 0.390 e. The van der Waals surface area contributed by atoms with Crippen molar-refractivity contribution in [2.75, 3.05) is 11.4 Å². The molecule has 0 amide bonds. The van der Waals surface area contributed by atoms with E-state index in [2.05, 4.69) is 9.97 Å². The van der Waals surface area contributed by atoms with Gasteiger partial charge in [-0.05, 0) is 12.1 Å². The minimum atomic E-state index is -4.16. The topological polar surface area (TPSA) is 31.9 Å². The van der Waals surface area contributed by atoms with Crippen LogP contribution in [0.2, 0.25) is 0 Å². The molecule has 0 atom stereocenters. The second kappa shape index (κ2) is 5.77. The maximum absolute atomic E-state index is 12.4. The van der Waals surface area contributed by atoms with E-state index in [9.17, 15) is 13.2 Å². The van der Waals surface area contributed by atoms with E-state index in [1.54, 1.807) is 41.6 Å². The molecule has 0 saturated heterocycles. The number of alkyl halides is 3. The number of aromatic nitrogens is 2. The fraction of sp³-hybridized carbons (Fsp3) is 0.308. The van der Waals surface area contributed by atoms with Crippen molar-refractivity contribution in [3.05, 3.63) is 48.5 Å². The average molecular weight is 269 g/mol. The normalized spacial score (nSPS) is 11.5. The third kappa shape index (κ3) is 4.31. The molecule has 1 aromatic heterocycles. The molecule has 0 aliphatic heterocycles. The third-order valence-corrected chi connectivity index (χ3v) is 2.68. The summed E-state index contributed by atoms with van der Waals surface area (Å²) in [6.07, 6.45) is -1.76. The Bertz CT molecular complexity index is 480. The standard InChI is InChI=1S/C13H14F3N3/c14-13(15,16)6-9-19(10-12-17-7-8-18-12)11-4-2-1-3-5-11/h1-5,7-8H,6,9-10H2,(H,17,18). The SMILES string of the molecule is FC(F)(F)CCN(Cc1ncc[nH]1)c1ccccc1. The predicted octanol–water partition coefficient (Wildman–Crippen LogP) is 3.37. The minimum Gasteiger partial charge on any atom is -0.364 e. The zero-order valence-electron chi connectivity index (χ0n) is 10.2. The zero-order valence-corrected chi connectivity index (χ0v) is 10.2. The predicted molar refractivity (Wildman–Crippen MR) is 66.8 cm³/mol. The molecule has 102 valence electrons. The summed E-state index contributed by atoms with van der Waals surface area (Å²) in [7, 11) is 0. The molecular formula is C13H14F3N3. The monoisotopic (exact) mass is 269 g/mol. The number of halogens is 3. The van der Waals surface area contributed by atoms with Gasteiger partial charge < -0.3 is 9.88 Å². The molecule has 1 heterocycles. The fourth-order valence-corrected chi connectivity index (χ4v) is 1.77. The van der Waals surface area contributed by atoms with Gasteiger partial charge in [0.25, 0.3) is 0 Å². The van der Waals surface area contributed by atoms with E-state index < -0.39 is 12.6 Å². The minimum absolute atomic E-state index is 0.0891. The van der Waals surface area contributed by atoms with Crippen LogP contribution in [0.1, 0.15) is 12.2 Å². The quantitative estimate of drug-likeness (QED) is 0.902. The van der Waals surface area contributed by atoms with Crippen molar-refractivity contribution in [3.8, 4) is 0 Å². The highest BCUT2D eigenvalue weighted by molar-refractivity contribution is 5.45. The van der Waals surface area contributed by atoms with Crippen molar-refractivity contribution in [2.24, 2.45) is 0 Å². The number of nitrogens with one attached hydrogen (secondary N) is 1. The number of anilines is 1. The first-order valence-electron chi connectivity index (χ1n) is 5.89. The first-order chi connectivity index (χ1) is 9.04. The summed E-state index contributed by atoms with van der Waals surface area (Å²) in [6.45, 7) is 0.237. The van der Waals surface area contributed by atoms with Crippen LogP contribution in [0.3, 0.4) is 0 Å². The van der Waals surface area contributed by atoms with Crippen molar-refractivity contribution < 1.29 is 13.2 Å². The summed E-state index contributed by atoms with van der Waals surface area (Å²) in [5.41, 5.74) is 0.753. The molecule has 2 rings (SSSR count). The van der Waals surface area contributed by atoms with Crippen LogP contribution in [0.5, 0.6) is 0 Å². The van der Waals surface area contributed by atoms with Crippen LogP contribution in [0.4, 0.5) is 18.9 Å². The Morgan fingerprint density at radius 2 is 1.89 bits per heavy atom. The van der Waals surface area contributed by atoms with Crippen LogP contribution in [0.25, 0.3) is 0 Å². The lowest BCUT2D eigenvalue weighted by molar-refractivity contribution is -0.132. The molecule has 19 heavy (non-hydrogen) atoms. The smallest absolute Gasteiger partial charge is 0.364 e. The molecule has 0 fully saturated rings. The number of benzene rings is 1. The Morgan fingerprint density at radius 1 is 1.16 bits per heavy atom. The van der Waals surface area contributed by atoms with E-state index in [1.165, 1.54) is 0 Å². The highest BCUT2D eigenvalue weighted by atomic mass is 19.4. The van der Waals surface area contributed by atoms with Gasteiger partial charge >= 0.3 is 6.18 Å².